The number of carboxylic acids is 1. The van der Waals surface area contributed by atoms with E-state index in [1.807, 2.05) is 0 Å². The van der Waals surface area contributed by atoms with Crippen LogP contribution < -0.4 is 4.72 Å². The average molecular weight is 524 g/mol. The molecule has 0 saturated heterocycles. The number of halogens is 3. The van der Waals surface area contributed by atoms with Crippen LogP contribution in [0.1, 0.15) is 99.3 Å². The van der Waals surface area contributed by atoms with E-state index in [2.05, 4.69) is 27.7 Å². The Hall–Kier alpha value is -0.400. The molecule has 0 amide bonds. The first kappa shape index (κ1) is 34.8. The van der Waals surface area contributed by atoms with Gasteiger partial charge in [0.15, 0.2) is 0 Å². The standard InChI is InChI=1S/C16H37P.C7H12F3NO4S/c1-5-9-13-17(14-10-6-2,15-11-7-3)16-12-8-4;1-4(2)3-5(6(12)13)11-16(14,15)7(8,9)10/h17H,5-16H2,1-4H3;4-5,11H,3H2,1-2H3,(H,12,13). The van der Waals surface area contributed by atoms with Crippen LogP contribution in [0.3, 0.4) is 0 Å². The third-order valence-electron chi connectivity index (χ3n) is 5.85. The molecule has 0 fully saturated rings. The minimum atomic E-state index is -5.62. The van der Waals surface area contributed by atoms with Gasteiger partial charge in [0, 0.05) is 0 Å². The van der Waals surface area contributed by atoms with Crippen molar-refractivity contribution in [2.45, 2.75) is 111 Å². The van der Waals surface area contributed by atoms with E-state index in [9.17, 15) is 26.4 Å². The minimum absolute atomic E-state index is 0.218. The molecule has 5 nitrogen and oxygen atoms in total. The van der Waals surface area contributed by atoms with Gasteiger partial charge in [0.25, 0.3) is 0 Å². The number of hydrogen-bond acceptors (Lipinski definition) is 3. The van der Waals surface area contributed by atoms with E-state index in [0.29, 0.717) is 0 Å². The molecule has 1 atom stereocenters. The second-order valence-corrected chi connectivity index (χ2v) is 16.2. The average Bonchev–Trinajstić information content (AvgIpc) is 2.71. The summed E-state index contributed by atoms with van der Waals surface area (Å²) in [6.45, 7) is 12.6. The molecule has 0 rings (SSSR count). The van der Waals surface area contributed by atoms with Gasteiger partial charge in [-0.2, -0.15) is 17.9 Å². The number of unbranched alkanes of at least 4 members (excludes halogenated alkanes) is 4. The Bertz CT molecular complexity index is 576. The number of sulfonamides is 1. The van der Waals surface area contributed by atoms with Crippen LogP contribution >= 0.6 is 7.26 Å². The molecular weight excluding hydrogens is 474 g/mol. The van der Waals surface area contributed by atoms with Crippen molar-refractivity contribution >= 4 is 23.3 Å². The van der Waals surface area contributed by atoms with E-state index in [4.69, 9.17) is 5.11 Å². The molecule has 33 heavy (non-hydrogen) atoms. The molecule has 0 aliphatic carbocycles. The SMILES string of the molecule is CC(C)CC(NS(=O)(=O)C(F)(F)F)C(=O)O.CCCC[PH](CCCC)(CCCC)CCCC. The molecule has 1 unspecified atom stereocenters. The Morgan fingerprint density at radius 1 is 0.848 bits per heavy atom. The first-order chi connectivity index (χ1) is 15.2. The quantitative estimate of drug-likeness (QED) is 0.204. The topological polar surface area (TPSA) is 83.5 Å². The zero-order valence-corrected chi connectivity index (χ0v) is 23.4. The summed E-state index contributed by atoms with van der Waals surface area (Å²) in [6.07, 6.45) is 17.9. The molecule has 0 spiro atoms. The van der Waals surface area contributed by atoms with E-state index in [0.717, 1.165) is 4.72 Å². The molecule has 0 aromatic carbocycles. The number of nitrogens with one attached hydrogen (secondary N) is 1. The number of hydrogen-bond donors (Lipinski definition) is 2. The third-order valence-corrected chi connectivity index (χ3v) is 12.7. The van der Waals surface area contributed by atoms with E-state index in [1.54, 1.807) is 38.5 Å². The van der Waals surface area contributed by atoms with Gasteiger partial charge < -0.3 is 5.11 Å². The molecule has 0 aliphatic heterocycles. The van der Waals surface area contributed by atoms with Gasteiger partial charge >= 0.3 is 132 Å². The maximum atomic E-state index is 12.0. The van der Waals surface area contributed by atoms with Crippen LogP contribution in [0, 0.1) is 5.92 Å². The van der Waals surface area contributed by atoms with Crippen LogP contribution in [-0.2, 0) is 14.8 Å². The van der Waals surface area contributed by atoms with Crippen molar-refractivity contribution in [3.05, 3.63) is 0 Å². The van der Waals surface area contributed by atoms with Crippen LogP contribution in [0.2, 0.25) is 0 Å². The van der Waals surface area contributed by atoms with Crippen molar-refractivity contribution in [3.63, 3.8) is 0 Å². The maximum absolute atomic E-state index is 12.0. The van der Waals surface area contributed by atoms with Crippen LogP contribution in [0.15, 0.2) is 0 Å². The van der Waals surface area contributed by atoms with Crippen molar-refractivity contribution in [2.75, 3.05) is 24.6 Å². The summed E-state index contributed by atoms with van der Waals surface area (Å²) in [5, 5.41) is 8.56. The third kappa shape index (κ3) is 16.0. The van der Waals surface area contributed by atoms with Crippen molar-refractivity contribution in [1.29, 1.82) is 0 Å². The van der Waals surface area contributed by atoms with Crippen molar-refractivity contribution < 1.29 is 31.5 Å². The summed E-state index contributed by atoms with van der Waals surface area (Å²) in [4.78, 5) is 10.5. The predicted molar refractivity (Wildman–Crippen MR) is 136 cm³/mol. The van der Waals surface area contributed by atoms with E-state index >= 15 is 0 Å². The predicted octanol–water partition coefficient (Wildman–Crippen LogP) is 6.86. The molecule has 0 saturated carbocycles. The summed E-state index contributed by atoms with van der Waals surface area (Å²) in [7, 11) is -6.50. The molecule has 0 radical (unpaired) electrons. The monoisotopic (exact) mass is 523 g/mol. The van der Waals surface area contributed by atoms with Crippen molar-refractivity contribution in [2.24, 2.45) is 5.92 Å². The van der Waals surface area contributed by atoms with Crippen molar-refractivity contribution in [1.82, 2.24) is 4.72 Å². The van der Waals surface area contributed by atoms with E-state index < -0.39 is 34.8 Å². The first-order valence-electron chi connectivity index (χ1n) is 12.5. The zero-order chi connectivity index (χ0) is 26.1. The Morgan fingerprint density at radius 2 is 1.18 bits per heavy atom. The summed E-state index contributed by atoms with van der Waals surface area (Å²) in [5.41, 5.74) is -5.50. The van der Waals surface area contributed by atoms with Gasteiger partial charge in [0.2, 0.25) is 0 Å². The number of carbonyl (C=O) groups is 1. The van der Waals surface area contributed by atoms with Crippen LogP contribution in [0.25, 0.3) is 0 Å². The summed E-state index contributed by atoms with van der Waals surface area (Å²) in [6, 6.07) is -1.77. The fraction of sp³-hybridized carbons (Fsp3) is 0.957. The number of aliphatic carboxylic acids is 1. The molecule has 0 aromatic heterocycles. The second-order valence-electron chi connectivity index (χ2n) is 9.50. The van der Waals surface area contributed by atoms with E-state index in [-0.39, 0.29) is 12.3 Å². The summed E-state index contributed by atoms with van der Waals surface area (Å²) in [5.74, 6) is -1.89. The Labute approximate surface area is 201 Å². The van der Waals surface area contributed by atoms with Crippen LogP contribution in [0.4, 0.5) is 13.2 Å². The molecule has 2 N–H and O–H groups in total. The molecule has 10 heteroatoms. The van der Waals surface area contributed by atoms with Crippen molar-refractivity contribution in [3.8, 4) is 0 Å². The van der Waals surface area contributed by atoms with Gasteiger partial charge in [-0.3, -0.25) is 4.79 Å². The molecule has 202 valence electrons. The first-order valence-corrected chi connectivity index (χ1v) is 16.8. The normalized spacial score (nSPS) is 14.0. The number of rotatable bonds is 17. The Balaban J connectivity index is 0. The molecule has 0 heterocycles. The zero-order valence-electron chi connectivity index (χ0n) is 21.6. The van der Waals surface area contributed by atoms with Gasteiger partial charge in [0.05, 0.1) is 0 Å². The van der Waals surface area contributed by atoms with Gasteiger partial charge in [-0.1, -0.05) is 13.8 Å². The number of carboxylic acid groups (broad SMARTS) is 1. The van der Waals surface area contributed by atoms with Gasteiger partial charge in [-0.05, 0) is 12.3 Å². The summed E-state index contributed by atoms with van der Waals surface area (Å²) >= 11 is 0. The van der Waals surface area contributed by atoms with E-state index in [1.165, 1.54) is 51.4 Å². The van der Waals surface area contributed by atoms with Gasteiger partial charge in [-0.15, -0.1) is 0 Å². The Kier molecular flexibility index (Phi) is 18.9. The molecular formula is C23H49F3NO4PS. The molecule has 0 bridgehead atoms. The second kappa shape index (κ2) is 18.0. The van der Waals surface area contributed by atoms with Crippen LogP contribution in [-0.4, -0.2) is 55.7 Å². The number of alkyl halides is 3. The molecule has 0 aliphatic rings. The summed E-state index contributed by atoms with van der Waals surface area (Å²) < 4.78 is 58.3. The van der Waals surface area contributed by atoms with Crippen LogP contribution in [0.5, 0.6) is 0 Å². The van der Waals surface area contributed by atoms with Gasteiger partial charge in [-0.25, -0.2) is 8.42 Å². The van der Waals surface area contributed by atoms with Gasteiger partial charge in [0.1, 0.15) is 6.04 Å². The fourth-order valence-corrected chi connectivity index (χ4v) is 10.5. The Morgan fingerprint density at radius 3 is 1.39 bits per heavy atom. The molecule has 0 aromatic rings. The fourth-order valence-electron chi connectivity index (χ4n) is 3.88.